The van der Waals surface area contributed by atoms with Crippen molar-refractivity contribution >= 4 is 39.7 Å². The number of carbonyl (C=O) groups excluding carboxylic acids is 1. The lowest BCUT2D eigenvalue weighted by Gasteiger charge is -2.04. The molecule has 2 N–H and O–H groups in total. The fourth-order valence-corrected chi connectivity index (χ4v) is 2.98. The van der Waals surface area contributed by atoms with Crippen LogP contribution in [0.15, 0.2) is 60.0 Å². The molecule has 0 saturated carbocycles. The lowest BCUT2D eigenvalue weighted by molar-refractivity contribution is -0.120. The van der Waals surface area contributed by atoms with Crippen LogP contribution in [0.2, 0.25) is 5.02 Å². The number of rotatable bonds is 6. The predicted octanol–water partition coefficient (Wildman–Crippen LogP) is 4.40. The maximum absolute atomic E-state index is 12.0. The van der Waals surface area contributed by atoms with E-state index in [1.807, 2.05) is 60.0 Å². The zero-order chi connectivity index (χ0) is 16.8. The topological polar surface area (TPSA) is 54.0 Å². The summed E-state index contributed by atoms with van der Waals surface area (Å²) in [5, 5.41) is 9.47. The van der Waals surface area contributed by atoms with Gasteiger partial charge < -0.3 is 10.6 Å². The summed E-state index contributed by atoms with van der Waals surface area (Å²) in [6, 6.07) is 17.2. The van der Waals surface area contributed by atoms with Crippen molar-refractivity contribution in [3.05, 3.63) is 76.3 Å². The molecule has 122 valence electrons. The van der Waals surface area contributed by atoms with E-state index in [9.17, 15) is 4.79 Å². The van der Waals surface area contributed by atoms with Crippen LogP contribution in [-0.2, 0) is 17.8 Å². The van der Waals surface area contributed by atoms with Gasteiger partial charge in [-0.15, -0.1) is 11.3 Å². The van der Waals surface area contributed by atoms with Gasteiger partial charge in [-0.25, -0.2) is 4.98 Å². The summed E-state index contributed by atoms with van der Waals surface area (Å²) in [7, 11) is 0. The molecule has 1 amide bonds. The van der Waals surface area contributed by atoms with E-state index < -0.39 is 0 Å². The van der Waals surface area contributed by atoms with Gasteiger partial charge in [0.25, 0.3) is 0 Å². The molecule has 0 aliphatic heterocycles. The number of anilines is 2. The molecule has 3 aromatic rings. The number of benzene rings is 2. The van der Waals surface area contributed by atoms with Gasteiger partial charge in [0.1, 0.15) is 0 Å². The number of halogens is 1. The Morgan fingerprint density at radius 1 is 1.08 bits per heavy atom. The van der Waals surface area contributed by atoms with Crippen molar-refractivity contribution < 1.29 is 4.79 Å². The molecule has 24 heavy (non-hydrogen) atoms. The Labute approximate surface area is 149 Å². The Balaban J connectivity index is 1.50. The maximum atomic E-state index is 12.0. The smallest absolute Gasteiger partial charge is 0.226 e. The minimum absolute atomic E-state index is 0.0542. The zero-order valence-corrected chi connectivity index (χ0v) is 14.4. The highest BCUT2D eigenvalue weighted by Gasteiger charge is 2.08. The van der Waals surface area contributed by atoms with Crippen molar-refractivity contribution in [3.63, 3.8) is 0 Å². The molecule has 0 radical (unpaired) electrons. The summed E-state index contributed by atoms with van der Waals surface area (Å²) >= 11 is 7.33. The number of aromatic nitrogens is 1. The molecule has 0 aliphatic carbocycles. The number of para-hydroxylation sites is 1. The Morgan fingerprint density at radius 3 is 2.58 bits per heavy atom. The standard InChI is InChI=1S/C18H16ClN3OS/c19-14-8-6-13(7-9-14)11-20-17(23)10-16-12-24-18(22-16)21-15-4-2-1-3-5-15/h1-9,12H,10-11H2,(H,20,23)(H,21,22). The number of thiazole rings is 1. The zero-order valence-electron chi connectivity index (χ0n) is 12.8. The lowest BCUT2D eigenvalue weighted by Crippen LogP contribution is -2.24. The lowest BCUT2D eigenvalue weighted by atomic mass is 10.2. The molecule has 1 aromatic heterocycles. The molecule has 0 atom stereocenters. The third kappa shape index (κ3) is 4.81. The van der Waals surface area contributed by atoms with E-state index in [-0.39, 0.29) is 12.3 Å². The largest absolute Gasteiger partial charge is 0.352 e. The first-order chi connectivity index (χ1) is 11.7. The van der Waals surface area contributed by atoms with Gasteiger partial charge in [0.2, 0.25) is 5.91 Å². The summed E-state index contributed by atoms with van der Waals surface area (Å²) in [5.74, 6) is -0.0542. The van der Waals surface area contributed by atoms with Crippen molar-refractivity contribution in [2.45, 2.75) is 13.0 Å². The van der Waals surface area contributed by atoms with E-state index in [0.717, 1.165) is 22.1 Å². The first-order valence-electron chi connectivity index (χ1n) is 7.47. The fourth-order valence-electron chi connectivity index (χ4n) is 2.12. The van der Waals surface area contributed by atoms with Gasteiger partial charge >= 0.3 is 0 Å². The number of hydrogen-bond acceptors (Lipinski definition) is 4. The van der Waals surface area contributed by atoms with Gasteiger partial charge in [-0.1, -0.05) is 41.9 Å². The van der Waals surface area contributed by atoms with Gasteiger partial charge in [0, 0.05) is 22.6 Å². The normalized spacial score (nSPS) is 10.4. The molecule has 4 nitrogen and oxygen atoms in total. The van der Waals surface area contributed by atoms with Crippen LogP contribution in [0.25, 0.3) is 0 Å². The van der Waals surface area contributed by atoms with Gasteiger partial charge in [-0.05, 0) is 29.8 Å². The van der Waals surface area contributed by atoms with Crippen molar-refractivity contribution in [2.75, 3.05) is 5.32 Å². The summed E-state index contributed by atoms with van der Waals surface area (Å²) in [5.41, 5.74) is 2.75. The van der Waals surface area contributed by atoms with E-state index in [1.54, 1.807) is 0 Å². The van der Waals surface area contributed by atoms with E-state index in [0.29, 0.717) is 11.6 Å². The third-order valence-corrected chi connectivity index (χ3v) is 4.38. The molecular formula is C18H16ClN3OS. The minimum atomic E-state index is -0.0542. The first-order valence-corrected chi connectivity index (χ1v) is 8.72. The molecular weight excluding hydrogens is 342 g/mol. The molecule has 0 fully saturated rings. The van der Waals surface area contributed by atoms with E-state index in [1.165, 1.54) is 11.3 Å². The molecule has 0 aliphatic rings. The van der Waals surface area contributed by atoms with Gasteiger partial charge in [0.05, 0.1) is 12.1 Å². The fraction of sp³-hybridized carbons (Fsp3) is 0.111. The van der Waals surface area contributed by atoms with E-state index >= 15 is 0 Å². The second-order valence-corrected chi connectivity index (χ2v) is 6.51. The van der Waals surface area contributed by atoms with Crippen LogP contribution in [0.3, 0.4) is 0 Å². The van der Waals surface area contributed by atoms with Crippen LogP contribution < -0.4 is 10.6 Å². The second kappa shape index (κ2) is 7.95. The quantitative estimate of drug-likeness (QED) is 0.687. The number of nitrogens with one attached hydrogen (secondary N) is 2. The van der Waals surface area contributed by atoms with Crippen molar-refractivity contribution in [2.24, 2.45) is 0 Å². The summed E-state index contributed by atoms with van der Waals surface area (Å²) in [4.78, 5) is 16.5. The van der Waals surface area contributed by atoms with E-state index in [4.69, 9.17) is 11.6 Å². The predicted molar refractivity (Wildman–Crippen MR) is 98.8 cm³/mol. The Bertz CT molecular complexity index is 803. The second-order valence-electron chi connectivity index (χ2n) is 5.21. The minimum Gasteiger partial charge on any atom is -0.352 e. The molecule has 0 bridgehead atoms. The van der Waals surface area contributed by atoms with Crippen LogP contribution in [0.5, 0.6) is 0 Å². The molecule has 6 heteroatoms. The highest BCUT2D eigenvalue weighted by Crippen LogP contribution is 2.20. The molecule has 3 rings (SSSR count). The Morgan fingerprint density at radius 2 is 1.83 bits per heavy atom. The van der Waals surface area contributed by atoms with Crippen LogP contribution in [0.4, 0.5) is 10.8 Å². The SMILES string of the molecule is O=C(Cc1csc(Nc2ccccc2)n1)NCc1ccc(Cl)cc1. The molecule has 0 saturated heterocycles. The molecule has 0 unspecified atom stereocenters. The highest BCUT2D eigenvalue weighted by atomic mass is 35.5. The average molecular weight is 358 g/mol. The summed E-state index contributed by atoms with van der Waals surface area (Å²) < 4.78 is 0. The number of nitrogens with zero attached hydrogens (tertiary/aromatic N) is 1. The van der Waals surface area contributed by atoms with Crippen molar-refractivity contribution in [3.8, 4) is 0 Å². The third-order valence-electron chi connectivity index (χ3n) is 3.32. The number of hydrogen-bond donors (Lipinski definition) is 2. The monoisotopic (exact) mass is 357 g/mol. The van der Waals surface area contributed by atoms with Crippen molar-refractivity contribution in [1.82, 2.24) is 10.3 Å². The first kappa shape index (κ1) is 16.5. The van der Waals surface area contributed by atoms with Crippen LogP contribution in [-0.4, -0.2) is 10.9 Å². The average Bonchev–Trinajstić information content (AvgIpc) is 3.02. The summed E-state index contributed by atoms with van der Waals surface area (Å²) in [6.45, 7) is 0.481. The molecule has 1 heterocycles. The Kier molecular flexibility index (Phi) is 5.46. The van der Waals surface area contributed by atoms with E-state index in [2.05, 4.69) is 15.6 Å². The van der Waals surface area contributed by atoms with Crippen LogP contribution in [0.1, 0.15) is 11.3 Å². The van der Waals surface area contributed by atoms with Gasteiger partial charge in [-0.2, -0.15) is 0 Å². The Hall–Kier alpha value is -2.37. The van der Waals surface area contributed by atoms with Crippen LogP contribution in [0, 0.1) is 0 Å². The summed E-state index contributed by atoms with van der Waals surface area (Å²) in [6.07, 6.45) is 0.264. The maximum Gasteiger partial charge on any atom is 0.226 e. The highest BCUT2D eigenvalue weighted by molar-refractivity contribution is 7.13. The number of carbonyl (C=O) groups is 1. The van der Waals surface area contributed by atoms with Crippen molar-refractivity contribution in [1.29, 1.82) is 0 Å². The number of amides is 1. The molecule has 0 spiro atoms. The molecule has 2 aromatic carbocycles. The van der Waals surface area contributed by atoms with Crippen LogP contribution >= 0.6 is 22.9 Å². The van der Waals surface area contributed by atoms with Gasteiger partial charge in [-0.3, -0.25) is 4.79 Å². The van der Waals surface area contributed by atoms with Gasteiger partial charge in [0.15, 0.2) is 5.13 Å².